The van der Waals surface area contributed by atoms with E-state index >= 15 is 0 Å². The second-order valence-corrected chi connectivity index (χ2v) is 12.5. The summed E-state index contributed by atoms with van der Waals surface area (Å²) in [5.74, 6) is 0.734. The number of fused-ring (bicyclic) bond motifs is 7. The fraction of sp³-hybridized carbons (Fsp3) is 0.0714. The van der Waals surface area contributed by atoms with Crippen molar-refractivity contribution in [1.29, 1.82) is 0 Å². The summed E-state index contributed by atoms with van der Waals surface area (Å²) in [7, 11) is 0. The van der Waals surface area contributed by atoms with Gasteiger partial charge in [0.05, 0.1) is 11.2 Å². The average Bonchev–Trinajstić information content (AvgIpc) is 3.33. The topological polar surface area (TPSA) is 38.7 Å². The van der Waals surface area contributed by atoms with Gasteiger partial charge in [0.25, 0.3) is 0 Å². The molecule has 3 heteroatoms. The van der Waals surface area contributed by atoms with Crippen LogP contribution < -0.4 is 0 Å². The van der Waals surface area contributed by atoms with Gasteiger partial charge in [-0.25, -0.2) is 15.0 Å². The predicted molar refractivity (Wildman–Crippen MR) is 186 cm³/mol. The Hall–Kier alpha value is -5.67. The van der Waals surface area contributed by atoms with Crippen molar-refractivity contribution in [2.75, 3.05) is 0 Å². The molecule has 0 saturated heterocycles. The fourth-order valence-electron chi connectivity index (χ4n) is 7.37. The van der Waals surface area contributed by atoms with Crippen LogP contribution in [0, 0.1) is 0 Å². The third-order valence-electron chi connectivity index (χ3n) is 9.54. The van der Waals surface area contributed by atoms with E-state index in [4.69, 9.17) is 15.0 Å². The van der Waals surface area contributed by atoms with Crippen LogP contribution in [-0.2, 0) is 5.41 Å². The third kappa shape index (κ3) is 3.87. The van der Waals surface area contributed by atoms with E-state index in [-0.39, 0.29) is 5.41 Å². The number of pyridine rings is 1. The van der Waals surface area contributed by atoms with Gasteiger partial charge < -0.3 is 0 Å². The first-order valence-corrected chi connectivity index (χ1v) is 15.4. The van der Waals surface area contributed by atoms with Gasteiger partial charge in [0, 0.05) is 39.9 Å². The summed E-state index contributed by atoms with van der Waals surface area (Å²) in [6.45, 7) is 4.65. The Morgan fingerprint density at radius 3 is 1.93 bits per heavy atom. The largest absolute Gasteiger partial charge is 0.247 e. The van der Waals surface area contributed by atoms with Gasteiger partial charge in [0.1, 0.15) is 0 Å². The minimum absolute atomic E-state index is 0.159. The van der Waals surface area contributed by atoms with E-state index in [2.05, 4.69) is 141 Å². The molecule has 0 fully saturated rings. The molecule has 212 valence electrons. The highest BCUT2D eigenvalue weighted by Crippen LogP contribution is 2.53. The van der Waals surface area contributed by atoms with Gasteiger partial charge in [-0.3, -0.25) is 0 Å². The fourth-order valence-corrected chi connectivity index (χ4v) is 7.37. The zero-order chi connectivity index (χ0) is 30.1. The van der Waals surface area contributed by atoms with Crippen LogP contribution in [0.15, 0.2) is 140 Å². The molecule has 0 saturated carbocycles. The third-order valence-corrected chi connectivity index (χ3v) is 9.54. The van der Waals surface area contributed by atoms with Crippen molar-refractivity contribution in [1.82, 2.24) is 15.0 Å². The molecule has 0 atom stereocenters. The Morgan fingerprint density at radius 2 is 1.13 bits per heavy atom. The molecule has 2 heterocycles. The maximum Gasteiger partial charge on any atom is 0.159 e. The number of aromatic nitrogens is 3. The maximum atomic E-state index is 5.20. The Balaban J connectivity index is 1.13. The number of benzene rings is 6. The molecule has 0 amide bonds. The van der Waals surface area contributed by atoms with E-state index in [0.717, 1.165) is 39.1 Å². The van der Waals surface area contributed by atoms with Crippen molar-refractivity contribution in [3.05, 3.63) is 151 Å². The van der Waals surface area contributed by atoms with E-state index in [1.165, 1.54) is 49.4 Å². The average molecular weight is 576 g/mol. The molecule has 0 N–H and O–H groups in total. The second kappa shape index (κ2) is 9.67. The molecule has 45 heavy (non-hydrogen) atoms. The summed E-state index contributed by atoms with van der Waals surface area (Å²) < 4.78 is 0. The number of hydrogen-bond acceptors (Lipinski definition) is 3. The first-order valence-electron chi connectivity index (χ1n) is 15.4. The molecule has 0 bridgehead atoms. The van der Waals surface area contributed by atoms with Gasteiger partial charge in [0.15, 0.2) is 5.82 Å². The second-order valence-electron chi connectivity index (χ2n) is 12.5. The minimum atomic E-state index is -0.159. The maximum absolute atomic E-state index is 5.20. The quantitative estimate of drug-likeness (QED) is 0.197. The Kier molecular flexibility index (Phi) is 5.54. The highest BCUT2D eigenvalue weighted by Gasteiger charge is 2.39. The lowest BCUT2D eigenvalue weighted by atomic mass is 9.78. The number of para-hydroxylation sites is 1. The van der Waals surface area contributed by atoms with Crippen molar-refractivity contribution in [3.8, 4) is 44.9 Å². The van der Waals surface area contributed by atoms with E-state index in [0.29, 0.717) is 0 Å². The van der Waals surface area contributed by atoms with E-state index < -0.39 is 0 Å². The Bertz CT molecular complexity index is 2440. The minimum Gasteiger partial charge on any atom is -0.247 e. The normalized spacial score (nSPS) is 13.3. The molecular formula is C42H29N3. The summed E-state index contributed by atoms with van der Waals surface area (Å²) in [6, 6.07) is 45.3. The Morgan fingerprint density at radius 1 is 0.511 bits per heavy atom. The lowest BCUT2D eigenvalue weighted by Gasteiger charge is -2.25. The van der Waals surface area contributed by atoms with Crippen LogP contribution in [0.1, 0.15) is 25.0 Å². The number of rotatable bonds is 3. The lowest BCUT2D eigenvalue weighted by molar-refractivity contribution is 0.662. The van der Waals surface area contributed by atoms with Gasteiger partial charge in [0.2, 0.25) is 0 Å². The first-order chi connectivity index (χ1) is 22.1. The van der Waals surface area contributed by atoms with E-state index in [1.54, 1.807) is 0 Å². The van der Waals surface area contributed by atoms with Gasteiger partial charge in [-0.05, 0) is 61.5 Å². The van der Waals surface area contributed by atoms with Crippen LogP contribution in [-0.4, -0.2) is 15.0 Å². The predicted octanol–water partition coefficient (Wildman–Crippen LogP) is 10.6. The SMILES string of the molecule is CC1(C)c2ccccc2-c2nc3ccccc3c(-c3ccc(-c4cnc(-c5cc6ccccc6c6ccccc56)nc4)cc3)c21. The van der Waals surface area contributed by atoms with Crippen molar-refractivity contribution >= 4 is 32.4 Å². The monoisotopic (exact) mass is 575 g/mol. The van der Waals surface area contributed by atoms with Crippen LogP contribution in [0.25, 0.3) is 77.3 Å². The van der Waals surface area contributed by atoms with Gasteiger partial charge in [-0.2, -0.15) is 0 Å². The van der Waals surface area contributed by atoms with Crippen LogP contribution >= 0.6 is 0 Å². The summed E-state index contributed by atoms with van der Waals surface area (Å²) in [4.78, 5) is 14.9. The highest BCUT2D eigenvalue weighted by molar-refractivity contribution is 6.13. The van der Waals surface area contributed by atoms with Crippen LogP contribution in [0.5, 0.6) is 0 Å². The van der Waals surface area contributed by atoms with Crippen molar-refractivity contribution in [2.24, 2.45) is 0 Å². The van der Waals surface area contributed by atoms with Crippen LogP contribution in [0.3, 0.4) is 0 Å². The Labute approximate surface area is 261 Å². The zero-order valence-corrected chi connectivity index (χ0v) is 25.1. The molecule has 1 aliphatic carbocycles. The van der Waals surface area contributed by atoms with Crippen molar-refractivity contribution < 1.29 is 0 Å². The molecule has 6 aromatic carbocycles. The van der Waals surface area contributed by atoms with Gasteiger partial charge >= 0.3 is 0 Å². The first kappa shape index (κ1) is 25.8. The van der Waals surface area contributed by atoms with Gasteiger partial charge in [-0.15, -0.1) is 0 Å². The summed E-state index contributed by atoms with van der Waals surface area (Å²) >= 11 is 0. The molecule has 8 aromatic rings. The molecule has 0 aliphatic heterocycles. The standard InChI is InChI=1S/C42H29N3/c1-42(2)36-17-9-7-15-33(36)40-39(42)38(34-16-8-10-18-37(34)45-40)27-21-19-26(20-22-27)29-24-43-41(44-25-29)35-23-28-11-3-4-12-30(28)31-13-5-6-14-32(31)35/h3-25H,1-2H3. The van der Waals surface area contributed by atoms with Crippen molar-refractivity contribution in [3.63, 3.8) is 0 Å². The molecule has 3 nitrogen and oxygen atoms in total. The molecular weight excluding hydrogens is 546 g/mol. The zero-order valence-electron chi connectivity index (χ0n) is 25.1. The van der Waals surface area contributed by atoms with E-state index in [1.807, 2.05) is 12.4 Å². The van der Waals surface area contributed by atoms with Crippen molar-refractivity contribution in [2.45, 2.75) is 19.3 Å². The molecule has 2 aromatic heterocycles. The van der Waals surface area contributed by atoms with Crippen LogP contribution in [0.4, 0.5) is 0 Å². The lowest BCUT2D eigenvalue weighted by Crippen LogP contribution is -2.16. The smallest absolute Gasteiger partial charge is 0.159 e. The molecule has 0 unspecified atom stereocenters. The summed E-state index contributed by atoms with van der Waals surface area (Å²) in [6.07, 6.45) is 3.89. The molecule has 0 spiro atoms. The molecule has 1 aliphatic rings. The molecule has 0 radical (unpaired) electrons. The summed E-state index contributed by atoms with van der Waals surface area (Å²) in [5.41, 5.74) is 11.4. The highest BCUT2D eigenvalue weighted by atomic mass is 14.9. The van der Waals surface area contributed by atoms with E-state index in [9.17, 15) is 0 Å². The number of hydrogen-bond donors (Lipinski definition) is 0. The molecule has 9 rings (SSSR count). The van der Waals surface area contributed by atoms with Crippen LogP contribution in [0.2, 0.25) is 0 Å². The summed E-state index contributed by atoms with van der Waals surface area (Å²) in [5, 5.41) is 6.00. The number of nitrogens with zero attached hydrogens (tertiary/aromatic N) is 3. The van der Waals surface area contributed by atoms with Gasteiger partial charge in [-0.1, -0.05) is 129 Å².